The van der Waals surface area contributed by atoms with E-state index in [1.165, 1.54) is 12.1 Å². The van der Waals surface area contributed by atoms with Crippen LogP contribution in [0.1, 0.15) is 44.3 Å². The van der Waals surface area contributed by atoms with Gasteiger partial charge in [0.1, 0.15) is 23.3 Å². The smallest absolute Gasteiger partial charge is 0.335 e. The second-order valence-electron chi connectivity index (χ2n) is 8.31. The summed E-state index contributed by atoms with van der Waals surface area (Å²) in [5.41, 5.74) is 1.60. The summed E-state index contributed by atoms with van der Waals surface area (Å²) in [5.74, 6) is -0.906. The van der Waals surface area contributed by atoms with Crippen molar-refractivity contribution in [1.82, 2.24) is 10.3 Å². The second kappa shape index (κ2) is 9.75. The zero-order valence-corrected chi connectivity index (χ0v) is 20.3. The van der Waals surface area contributed by atoms with Crippen molar-refractivity contribution < 1.29 is 29.0 Å². The first kappa shape index (κ1) is 24.0. The number of anilines is 1. The molecule has 4 aromatic rings. The number of nitrogens with one attached hydrogen (secondary N) is 1. The Hall–Kier alpha value is -4.70. The highest BCUT2D eigenvalue weighted by atomic mass is 32.1. The standard InChI is InChI=1S/C27H21N3O6S/c1-35-19-7-5-18(6-8-19)30-24(23(29-27(30)37)20-4-2-3-11-28-20)22-10-9-21(36-22)15-12-16(25(31)32)14-17(13-15)26(33)34/h2-14,23-24H,1H3,(H,29,37)(H,31,32)(H,33,34)/t23-,24+/m0/s1. The van der Waals surface area contributed by atoms with E-state index in [1.807, 2.05) is 47.4 Å². The number of aromatic nitrogens is 1. The molecule has 0 amide bonds. The van der Waals surface area contributed by atoms with E-state index in [0.717, 1.165) is 17.4 Å². The maximum atomic E-state index is 11.6. The lowest BCUT2D eigenvalue weighted by Crippen LogP contribution is -2.29. The maximum absolute atomic E-state index is 11.6. The highest BCUT2D eigenvalue weighted by molar-refractivity contribution is 7.80. The number of rotatable bonds is 7. The number of nitrogens with zero attached hydrogens (tertiary/aromatic N) is 2. The third-order valence-electron chi connectivity index (χ3n) is 6.08. The summed E-state index contributed by atoms with van der Waals surface area (Å²) >= 11 is 5.71. The Morgan fingerprint density at radius 2 is 1.70 bits per heavy atom. The van der Waals surface area contributed by atoms with E-state index in [4.69, 9.17) is 21.4 Å². The van der Waals surface area contributed by atoms with E-state index in [9.17, 15) is 19.8 Å². The van der Waals surface area contributed by atoms with Crippen LogP contribution in [0.3, 0.4) is 0 Å². The fourth-order valence-corrected chi connectivity index (χ4v) is 4.69. The topological polar surface area (TPSA) is 125 Å². The number of furan rings is 1. The van der Waals surface area contributed by atoms with Gasteiger partial charge in [0, 0.05) is 17.4 Å². The van der Waals surface area contributed by atoms with E-state index >= 15 is 0 Å². The molecule has 186 valence electrons. The van der Waals surface area contributed by atoms with Gasteiger partial charge in [-0.15, -0.1) is 0 Å². The summed E-state index contributed by atoms with van der Waals surface area (Å²) in [4.78, 5) is 29.6. The van der Waals surface area contributed by atoms with Crippen molar-refractivity contribution >= 4 is 35.0 Å². The SMILES string of the molecule is COc1ccc(N2C(=S)N[C@@H](c3ccccn3)[C@H]2c2ccc(-c3cc(C(=O)O)cc(C(=O)O)c3)o2)cc1. The second-order valence-corrected chi connectivity index (χ2v) is 8.69. The van der Waals surface area contributed by atoms with Gasteiger partial charge < -0.3 is 29.6 Å². The number of aromatic carboxylic acids is 2. The predicted octanol–water partition coefficient (Wildman–Crippen LogP) is 4.92. The van der Waals surface area contributed by atoms with Crippen LogP contribution in [-0.4, -0.2) is 39.4 Å². The lowest BCUT2D eigenvalue weighted by atomic mass is 10.0. The molecule has 2 aromatic carbocycles. The molecular weight excluding hydrogens is 494 g/mol. The van der Waals surface area contributed by atoms with Crippen molar-refractivity contribution in [3.05, 3.63) is 102 Å². The Balaban J connectivity index is 1.60. The van der Waals surface area contributed by atoms with Crippen molar-refractivity contribution in [3.8, 4) is 17.1 Å². The molecular formula is C27H21N3O6S. The minimum absolute atomic E-state index is 0.150. The molecule has 1 fully saturated rings. The zero-order chi connectivity index (χ0) is 26.1. The van der Waals surface area contributed by atoms with Crippen LogP contribution in [0.5, 0.6) is 5.75 Å². The lowest BCUT2D eigenvalue weighted by Gasteiger charge is -2.26. The van der Waals surface area contributed by atoms with Crippen LogP contribution in [-0.2, 0) is 0 Å². The first-order chi connectivity index (χ1) is 17.9. The van der Waals surface area contributed by atoms with Gasteiger partial charge in [-0.3, -0.25) is 4.98 Å². The monoisotopic (exact) mass is 515 g/mol. The van der Waals surface area contributed by atoms with Crippen LogP contribution in [0.15, 0.2) is 83.4 Å². The van der Waals surface area contributed by atoms with Gasteiger partial charge in [0.25, 0.3) is 0 Å². The maximum Gasteiger partial charge on any atom is 0.335 e. The van der Waals surface area contributed by atoms with E-state index in [0.29, 0.717) is 27.9 Å². The number of pyridine rings is 1. The summed E-state index contributed by atoms with van der Waals surface area (Å²) in [6, 6.07) is 19.6. The quantitative estimate of drug-likeness (QED) is 0.292. The van der Waals surface area contributed by atoms with Crippen molar-refractivity contribution in [2.75, 3.05) is 12.0 Å². The van der Waals surface area contributed by atoms with Crippen molar-refractivity contribution in [2.45, 2.75) is 12.1 Å². The molecule has 2 aromatic heterocycles. The number of ether oxygens (including phenoxy) is 1. The van der Waals surface area contributed by atoms with Crippen LogP contribution in [0.4, 0.5) is 5.69 Å². The highest BCUT2D eigenvalue weighted by Gasteiger charge is 2.42. The minimum Gasteiger partial charge on any atom is -0.497 e. The summed E-state index contributed by atoms with van der Waals surface area (Å²) in [7, 11) is 1.59. The molecule has 5 rings (SSSR count). The Morgan fingerprint density at radius 3 is 2.30 bits per heavy atom. The molecule has 10 heteroatoms. The van der Waals surface area contributed by atoms with Crippen LogP contribution < -0.4 is 15.0 Å². The number of carboxylic acids is 2. The van der Waals surface area contributed by atoms with Gasteiger partial charge in [0.15, 0.2) is 5.11 Å². The predicted molar refractivity (Wildman–Crippen MR) is 139 cm³/mol. The third-order valence-corrected chi connectivity index (χ3v) is 6.39. The number of hydrogen-bond donors (Lipinski definition) is 3. The van der Waals surface area contributed by atoms with Gasteiger partial charge in [-0.25, -0.2) is 9.59 Å². The number of methoxy groups -OCH3 is 1. The molecule has 2 atom stereocenters. The lowest BCUT2D eigenvalue weighted by molar-refractivity contribution is 0.0696. The van der Waals surface area contributed by atoms with E-state index < -0.39 is 18.0 Å². The number of carbonyl (C=O) groups is 2. The Labute approximate surface area is 216 Å². The fourth-order valence-electron chi connectivity index (χ4n) is 4.35. The highest BCUT2D eigenvalue weighted by Crippen LogP contribution is 2.43. The summed E-state index contributed by atoms with van der Waals surface area (Å²) in [6.45, 7) is 0. The average molecular weight is 516 g/mol. The molecule has 0 radical (unpaired) electrons. The molecule has 0 aliphatic carbocycles. The largest absolute Gasteiger partial charge is 0.497 e. The van der Waals surface area contributed by atoms with E-state index in [1.54, 1.807) is 25.4 Å². The molecule has 0 unspecified atom stereocenters. The van der Waals surface area contributed by atoms with Crippen LogP contribution >= 0.6 is 12.2 Å². The molecule has 37 heavy (non-hydrogen) atoms. The summed E-state index contributed by atoms with van der Waals surface area (Å²) in [6.07, 6.45) is 1.70. The molecule has 1 aliphatic heterocycles. The van der Waals surface area contributed by atoms with Gasteiger partial charge >= 0.3 is 11.9 Å². The molecule has 1 aliphatic rings. The average Bonchev–Trinajstić information content (AvgIpc) is 3.53. The van der Waals surface area contributed by atoms with E-state index in [-0.39, 0.29) is 17.2 Å². The number of benzene rings is 2. The van der Waals surface area contributed by atoms with Gasteiger partial charge in [0.2, 0.25) is 0 Å². The molecule has 0 spiro atoms. The molecule has 9 nitrogen and oxygen atoms in total. The van der Waals surface area contributed by atoms with Crippen LogP contribution in [0, 0.1) is 0 Å². The third kappa shape index (κ3) is 4.62. The normalized spacial score (nSPS) is 16.9. The van der Waals surface area contributed by atoms with Gasteiger partial charge in [0.05, 0.1) is 30.0 Å². The Kier molecular flexibility index (Phi) is 6.33. The van der Waals surface area contributed by atoms with Crippen molar-refractivity contribution in [1.29, 1.82) is 0 Å². The molecule has 0 saturated carbocycles. The molecule has 3 N–H and O–H groups in total. The van der Waals surface area contributed by atoms with E-state index in [2.05, 4.69) is 10.3 Å². The van der Waals surface area contributed by atoms with Gasteiger partial charge in [-0.2, -0.15) is 0 Å². The minimum atomic E-state index is -1.23. The van der Waals surface area contributed by atoms with Crippen molar-refractivity contribution in [3.63, 3.8) is 0 Å². The summed E-state index contributed by atoms with van der Waals surface area (Å²) < 4.78 is 11.5. The first-order valence-corrected chi connectivity index (χ1v) is 11.6. The first-order valence-electron chi connectivity index (χ1n) is 11.2. The molecule has 3 heterocycles. The number of carboxylic acid groups (broad SMARTS) is 2. The summed E-state index contributed by atoms with van der Waals surface area (Å²) in [5, 5.41) is 22.7. The Bertz CT molecular complexity index is 1450. The van der Waals surface area contributed by atoms with Crippen molar-refractivity contribution in [2.24, 2.45) is 0 Å². The van der Waals surface area contributed by atoms with Crippen LogP contribution in [0.25, 0.3) is 11.3 Å². The molecule has 0 bridgehead atoms. The zero-order valence-electron chi connectivity index (χ0n) is 19.5. The number of thiocarbonyl (C=S) groups is 1. The van der Waals surface area contributed by atoms with Crippen LogP contribution in [0.2, 0.25) is 0 Å². The van der Waals surface area contributed by atoms with Gasteiger partial charge in [-0.05, 0) is 78.9 Å². The van der Waals surface area contributed by atoms with Gasteiger partial charge in [-0.1, -0.05) is 6.07 Å². The number of hydrogen-bond acceptors (Lipinski definition) is 6. The Morgan fingerprint density at radius 1 is 1.00 bits per heavy atom. The molecule has 1 saturated heterocycles. The fraction of sp³-hybridized carbons (Fsp3) is 0.111.